The molecule has 8 heteroatoms. The standard InChI is InChI=1S/C28H38FN5O2/c1-17-8-11-22(23(29)13-17)25-16-30-27(33-25)20(4)31-28(36)24(32-26(35)15-21-9-10-21)14-19(3)34-12-6-5-7-18(34)2/h8,11,13,16,18,20-21,24H,3,5-7,9-10,12,14-15H2,1-2,4H3,(H,30,33)(H,31,36)(H,32,35)/t18-,20-,24-/m0/s1. The van der Waals surface area contributed by atoms with Gasteiger partial charge in [-0.3, -0.25) is 9.59 Å². The number of aryl methyl sites for hydroxylation is 1. The van der Waals surface area contributed by atoms with Crippen LogP contribution in [0.1, 0.15) is 76.2 Å². The molecule has 1 aliphatic carbocycles. The summed E-state index contributed by atoms with van der Waals surface area (Å²) in [4.78, 5) is 35.7. The van der Waals surface area contributed by atoms with Crippen molar-refractivity contribution in [2.45, 2.75) is 83.8 Å². The second-order valence-electron chi connectivity index (χ2n) is 10.5. The summed E-state index contributed by atoms with van der Waals surface area (Å²) in [7, 11) is 0. The molecule has 1 aromatic heterocycles. The van der Waals surface area contributed by atoms with Crippen molar-refractivity contribution < 1.29 is 14.0 Å². The van der Waals surface area contributed by atoms with Gasteiger partial charge >= 0.3 is 0 Å². The molecule has 2 aliphatic rings. The number of nitrogens with one attached hydrogen (secondary N) is 3. The zero-order valence-corrected chi connectivity index (χ0v) is 21.6. The smallest absolute Gasteiger partial charge is 0.243 e. The molecule has 4 rings (SSSR count). The number of halogens is 1. The van der Waals surface area contributed by atoms with Crippen LogP contribution >= 0.6 is 0 Å². The first-order chi connectivity index (χ1) is 17.2. The molecule has 7 nitrogen and oxygen atoms in total. The van der Waals surface area contributed by atoms with Gasteiger partial charge in [0, 0.05) is 36.7 Å². The van der Waals surface area contributed by atoms with Crippen LogP contribution in [0.5, 0.6) is 0 Å². The zero-order chi connectivity index (χ0) is 25.8. The van der Waals surface area contributed by atoms with Crippen molar-refractivity contribution in [1.29, 1.82) is 0 Å². The van der Waals surface area contributed by atoms with Gasteiger partial charge < -0.3 is 20.5 Å². The third kappa shape index (κ3) is 6.53. The number of H-pyrrole nitrogens is 1. The van der Waals surface area contributed by atoms with Crippen molar-refractivity contribution in [3.63, 3.8) is 0 Å². The molecule has 2 amide bonds. The van der Waals surface area contributed by atoms with E-state index in [1.54, 1.807) is 12.3 Å². The van der Waals surface area contributed by atoms with Crippen molar-refractivity contribution in [1.82, 2.24) is 25.5 Å². The number of aromatic amines is 1. The SMILES string of the molecule is C=C(C[C@H](NC(=O)CC1CC1)C(=O)N[C@@H](C)c1ncc(-c2ccc(C)cc2F)[nH]1)N1CCCC[C@@H]1C. The van der Waals surface area contributed by atoms with Crippen molar-refractivity contribution in [3.05, 3.63) is 53.9 Å². The molecule has 3 atom stereocenters. The normalized spacial score (nSPS) is 19.4. The zero-order valence-electron chi connectivity index (χ0n) is 21.6. The lowest BCUT2D eigenvalue weighted by molar-refractivity contribution is -0.129. The van der Waals surface area contributed by atoms with E-state index in [9.17, 15) is 14.0 Å². The molecule has 1 aromatic carbocycles. The van der Waals surface area contributed by atoms with Crippen LogP contribution in [-0.2, 0) is 9.59 Å². The van der Waals surface area contributed by atoms with Gasteiger partial charge in [-0.1, -0.05) is 12.6 Å². The summed E-state index contributed by atoms with van der Waals surface area (Å²) >= 11 is 0. The van der Waals surface area contributed by atoms with Crippen molar-refractivity contribution in [2.75, 3.05) is 6.54 Å². The number of nitrogens with zero attached hydrogens (tertiary/aromatic N) is 2. The minimum atomic E-state index is -0.718. The second kappa shape index (κ2) is 11.3. The van der Waals surface area contributed by atoms with Crippen LogP contribution in [0.4, 0.5) is 4.39 Å². The monoisotopic (exact) mass is 495 g/mol. The number of amides is 2. The van der Waals surface area contributed by atoms with Crippen LogP contribution in [0.25, 0.3) is 11.3 Å². The van der Waals surface area contributed by atoms with E-state index in [4.69, 9.17) is 0 Å². The van der Waals surface area contributed by atoms with Crippen molar-refractivity contribution >= 4 is 11.8 Å². The summed E-state index contributed by atoms with van der Waals surface area (Å²) in [6, 6.07) is 4.24. The molecular formula is C28H38FN5O2. The van der Waals surface area contributed by atoms with Gasteiger partial charge in [0.25, 0.3) is 0 Å². The van der Waals surface area contributed by atoms with Crippen molar-refractivity contribution in [2.24, 2.45) is 5.92 Å². The fourth-order valence-electron chi connectivity index (χ4n) is 4.88. The van der Waals surface area contributed by atoms with Crippen LogP contribution in [-0.4, -0.2) is 45.3 Å². The predicted molar refractivity (Wildman–Crippen MR) is 138 cm³/mol. The Labute approximate surface area is 212 Å². The van der Waals surface area contributed by atoms with Gasteiger partial charge in [0.05, 0.1) is 17.9 Å². The van der Waals surface area contributed by atoms with Crippen LogP contribution in [0.15, 0.2) is 36.7 Å². The molecule has 2 fully saturated rings. The summed E-state index contributed by atoms with van der Waals surface area (Å²) in [6.45, 7) is 11.0. The van der Waals surface area contributed by atoms with Gasteiger partial charge in [0.1, 0.15) is 17.7 Å². The predicted octanol–water partition coefficient (Wildman–Crippen LogP) is 4.76. The lowest BCUT2D eigenvalue weighted by Gasteiger charge is -2.37. The van der Waals surface area contributed by atoms with Crippen LogP contribution in [0.3, 0.4) is 0 Å². The summed E-state index contributed by atoms with van der Waals surface area (Å²) in [5.41, 5.74) is 2.68. The van der Waals surface area contributed by atoms with Crippen LogP contribution in [0.2, 0.25) is 0 Å². The minimum Gasteiger partial charge on any atom is -0.373 e. The maximum absolute atomic E-state index is 14.4. The lowest BCUT2D eigenvalue weighted by atomic mass is 10.0. The molecule has 0 spiro atoms. The average Bonchev–Trinajstić information content (AvgIpc) is 3.50. The summed E-state index contributed by atoms with van der Waals surface area (Å²) < 4.78 is 14.4. The van der Waals surface area contributed by atoms with E-state index in [1.165, 1.54) is 12.5 Å². The van der Waals surface area contributed by atoms with Crippen LogP contribution in [0, 0.1) is 18.7 Å². The van der Waals surface area contributed by atoms with Gasteiger partial charge in [-0.15, -0.1) is 0 Å². The number of carbonyl (C=O) groups excluding carboxylic acids is 2. The number of hydrogen-bond acceptors (Lipinski definition) is 4. The Bertz CT molecular complexity index is 1110. The first-order valence-corrected chi connectivity index (χ1v) is 13.1. The third-order valence-corrected chi connectivity index (χ3v) is 7.25. The number of benzene rings is 1. The number of aromatic nitrogens is 2. The van der Waals surface area contributed by atoms with E-state index in [-0.39, 0.29) is 17.6 Å². The molecule has 36 heavy (non-hydrogen) atoms. The fourth-order valence-corrected chi connectivity index (χ4v) is 4.88. The maximum Gasteiger partial charge on any atom is 0.243 e. The third-order valence-electron chi connectivity index (χ3n) is 7.25. The molecule has 2 heterocycles. The van der Waals surface area contributed by atoms with E-state index >= 15 is 0 Å². The van der Waals surface area contributed by atoms with E-state index in [0.717, 1.165) is 43.5 Å². The molecule has 1 saturated heterocycles. The first kappa shape index (κ1) is 25.9. The molecule has 1 saturated carbocycles. The Hall–Kier alpha value is -3.16. The van der Waals surface area contributed by atoms with Crippen LogP contribution < -0.4 is 10.6 Å². The molecule has 0 unspecified atom stereocenters. The van der Waals surface area contributed by atoms with Gasteiger partial charge in [0.2, 0.25) is 11.8 Å². The average molecular weight is 496 g/mol. The summed E-state index contributed by atoms with van der Waals surface area (Å²) in [5, 5.41) is 5.93. The Morgan fingerprint density at radius 2 is 2.03 bits per heavy atom. The highest BCUT2D eigenvalue weighted by Gasteiger charge is 2.30. The van der Waals surface area contributed by atoms with Gasteiger partial charge in [0.15, 0.2) is 0 Å². The molecule has 194 valence electrons. The molecule has 1 aliphatic heterocycles. The van der Waals surface area contributed by atoms with E-state index < -0.39 is 12.1 Å². The second-order valence-corrected chi connectivity index (χ2v) is 10.5. The maximum atomic E-state index is 14.4. The Balaban J connectivity index is 1.43. The largest absolute Gasteiger partial charge is 0.373 e. The quantitative estimate of drug-likeness (QED) is 0.443. The fraction of sp³-hybridized carbons (Fsp3) is 0.536. The number of piperidine rings is 1. The number of likely N-dealkylation sites (tertiary alicyclic amines) is 1. The van der Waals surface area contributed by atoms with Gasteiger partial charge in [-0.05, 0) is 76.5 Å². The molecule has 0 radical (unpaired) electrons. The highest BCUT2D eigenvalue weighted by Crippen LogP contribution is 2.32. The molecular weight excluding hydrogens is 457 g/mol. The van der Waals surface area contributed by atoms with Gasteiger partial charge in [-0.25, -0.2) is 9.37 Å². The Morgan fingerprint density at radius 1 is 1.25 bits per heavy atom. The number of hydrogen-bond donors (Lipinski definition) is 3. The number of imidazole rings is 1. The van der Waals surface area contributed by atoms with E-state index in [1.807, 2.05) is 19.9 Å². The number of carbonyl (C=O) groups is 2. The molecule has 0 bridgehead atoms. The van der Waals surface area contributed by atoms with Crippen molar-refractivity contribution in [3.8, 4) is 11.3 Å². The highest BCUT2D eigenvalue weighted by atomic mass is 19.1. The minimum absolute atomic E-state index is 0.0973. The highest BCUT2D eigenvalue weighted by molar-refractivity contribution is 5.88. The van der Waals surface area contributed by atoms with E-state index in [0.29, 0.717) is 41.9 Å². The Kier molecular flexibility index (Phi) is 8.11. The summed E-state index contributed by atoms with van der Waals surface area (Å²) in [6.07, 6.45) is 7.93. The van der Waals surface area contributed by atoms with Gasteiger partial charge in [-0.2, -0.15) is 0 Å². The first-order valence-electron chi connectivity index (χ1n) is 13.1. The molecule has 2 aromatic rings. The van der Waals surface area contributed by atoms with E-state index in [2.05, 4.69) is 39.0 Å². The topological polar surface area (TPSA) is 90.1 Å². The molecule has 3 N–H and O–H groups in total. The number of rotatable bonds is 10. The lowest BCUT2D eigenvalue weighted by Crippen LogP contribution is -2.49. The Morgan fingerprint density at radius 3 is 2.72 bits per heavy atom. The summed E-state index contributed by atoms with van der Waals surface area (Å²) in [5.74, 6) is 0.245.